The molecule has 0 fully saturated rings. The summed E-state index contributed by atoms with van der Waals surface area (Å²) in [4.78, 5) is 33.4. The van der Waals surface area contributed by atoms with Crippen LogP contribution in [0.25, 0.3) is 0 Å². The quantitative estimate of drug-likeness (QED) is 0.178. The molecule has 0 aliphatic rings. The molecule has 1 unspecified atom stereocenters. The number of hydrogen-bond acceptors (Lipinski definition) is 6. The number of carbonyl (C=O) groups excluding carboxylic acids is 1. The van der Waals surface area contributed by atoms with E-state index in [1.54, 1.807) is 26.8 Å². The van der Waals surface area contributed by atoms with Crippen LogP contribution in [0.3, 0.4) is 0 Å². The third kappa shape index (κ3) is 12.5. The van der Waals surface area contributed by atoms with Crippen LogP contribution in [-0.2, 0) is 58.8 Å². The summed E-state index contributed by atoms with van der Waals surface area (Å²) in [5.74, 6) is -0.0817. The van der Waals surface area contributed by atoms with Gasteiger partial charge in [-0.25, -0.2) is 9.45 Å². The van der Waals surface area contributed by atoms with Gasteiger partial charge in [-0.1, -0.05) is 40.2 Å². The minimum absolute atomic E-state index is 0. The summed E-state index contributed by atoms with van der Waals surface area (Å²) in [5.41, 5.74) is 6.29. The van der Waals surface area contributed by atoms with Gasteiger partial charge in [0.15, 0.2) is 0 Å². The summed E-state index contributed by atoms with van der Waals surface area (Å²) in [6, 6.07) is 3.23. The molecular formula is C19H34NO8PY. The van der Waals surface area contributed by atoms with E-state index in [9.17, 15) is 14.5 Å². The average Bonchev–Trinajstić information content (AvgIpc) is 2.52. The normalized spacial score (nSPS) is 12.3. The fourth-order valence-corrected chi connectivity index (χ4v) is 3.17. The number of aryl methyl sites for hydroxylation is 1. The molecule has 0 spiro atoms. The van der Waals surface area contributed by atoms with Gasteiger partial charge in [-0.05, 0) is 41.9 Å². The molecule has 0 saturated carbocycles. The van der Waals surface area contributed by atoms with Gasteiger partial charge in [-0.15, -0.1) is 0 Å². The van der Waals surface area contributed by atoms with Crippen LogP contribution in [0.2, 0.25) is 0 Å². The zero-order valence-corrected chi connectivity index (χ0v) is 22.0. The summed E-state index contributed by atoms with van der Waals surface area (Å²) in [6.07, 6.45) is 1.31. The fraction of sp³-hybridized carbons (Fsp3) is 0.632. The Hall–Kier alpha value is -0.376. The predicted octanol–water partition coefficient (Wildman–Crippen LogP) is 2.67. The predicted molar refractivity (Wildman–Crippen MR) is 110 cm³/mol. The number of primary amides is 1. The van der Waals surface area contributed by atoms with E-state index in [2.05, 4.69) is 11.8 Å². The maximum absolute atomic E-state index is 11.3. The molecule has 9 nitrogen and oxygen atoms in total. The second kappa shape index (κ2) is 14.6. The van der Waals surface area contributed by atoms with E-state index in [0.717, 1.165) is 6.42 Å². The first kappa shape index (κ1) is 31.8. The Balaban J connectivity index is 0. The number of phosphoric ester groups is 1. The number of aliphatic hydroxyl groups is 1. The molecule has 1 atom stereocenters. The van der Waals surface area contributed by atoms with Gasteiger partial charge in [0.25, 0.3) is 0 Å². The maximum atomic E-state index is 11.3. The van der Waals surface area contributed by atoms with E-state index in [1.807, 2.05) is 6.92 Å². The number of rotatable bonds is 10. The number of nitrogens with two attached hydrogens (primary N) is 1. The van der Waals surface area contributed by atoms with Gasteiger partial charge in [0, 0.05) is 44.9 Å². The molecule has 6 N–H and O–H groups in total. The summed E-state index contributed by atoms with van der Waals surface area (Å²) in [6.45, 7) is 9.73. The molecule has 0 aliphatic carbocycles. The van der Waals surface area contributed by atoms with Crippen LogP contribution >= 0.6 is 7.82 Å². The molecule has 11 heteroatoms. The van der Waals surface area contributed by atoms with Crippen molar-refractivity contribution in [1.82, 2.24) is 0 Å². The molecule has 1 aromatic rings. The minimum Gasteiger partial charge on any atom is -0.404 e. The van der Waals surface area contributed by atoms with Crippen molar-refractivity contribution in [3.05, 3.63) is 28.8 Å². The van der Waals surface area contributed by atoms with Crippen LogP contribution in [0.15, 0.2) is 12.1 Å². The van der Waals surface area contributed by atoms with Crippen molar-refractivity contribution in [3.8, 4) is 5.75 Å². The fourth-order valence-electron chi connectivity index (χ4n) is 2.77. The maximum Gasteiger partial charge on any atom is 0.524 e. The van der Waals surface area contributed by atoms with E-state index in [-0.39, 0.29) is 51.5 Å². The summed E-state index contributed by atoms with van der Waals surface area (Å²) in [7, 11) is -4.76. The monoisotopic (exact) mass is 524 g/mol. The Labute approximate surface area is 203 Å². The van der Waals surface area contributed by atoms with Crippen molar-refractivity contribution in [3.63, 3.8) is 0 Å². The number of carbonyl (C=O) groups is 1. The van der Waals surface area contributed by atoms with Crippen molar-refractivity contribution < 1.29 is 71.6 Å². The van der Waals surface area contributed by atoms with E-state index in [4.69, 9.17) is 25.3 Å². The van der Waals surface area contributed by atoms with Crippen molar-refractivity contribution in [1.29, 1.82) is 0 Å². The Morgan fingerprint density at radius 2 is 1.87 bits per heavy atom. The third-order valence-corrected chi connectivity index (χ3v) is 4.81. The molecule has 0 saturated heterocycles. The van der Waals surface area contributed by atoms with Crippen molar-refractivity contribution >= 4 is 13.7 Å². The SMILES string of the molecule is CCC(C)COO.Cc1cc(CC(N)=O)c(C(C)(C)CCO)c(OP(=O)(O)O)c1.[Y]. The largest absolute Gasteiger partial charge is 0.524 e. The molecule has 171 valence electrons. The van der Waals surface area contributed by atoms with E-state index in [0.29, 0.717) is 35.6 Å². The van der Waals surface area contributed by atoms with Crippen molar-refractivity contribution in [2.24, 2.45) is 11.7 Å². The van der Waals surface area contributed by atoms with Gasteiger partial charge >= 0.3 is 7.82 Å². The van der Waals surface area contributed by atoms with Gasteiger partial charge < -0.3 is 15.4 Å². The van der Waals surface area contributed by atoms with E-state index in [1.165, 1.54) is 6.07 Å². The molecule has 1 aromatic carbocycles. The molecule has 0 heterocycles. The third-order valence-electron chi connectivity index (χ3n) is 4.38. The molecule has 0 aromatic heterocycles. The van der Waals surface area contributed by atoms with Gasteiger partial charge in [-0.2, -0.15) is 0 Å². The molecular weight excluding hydrogens is 490 g/mol. The van der Waals surface area contributed by atoms with Crippen LogP contribution in [-0.4, -0.2) is 39.3 Å². The Bertz CT molecular complexity index is 708. The Morgan fingerprint density at radius 3 is 2.23 bits per heavy atom. The molecule has 0 aliphatic heterocycles. The number of benzene rings is 1. The van der Waals surface area contributed by atoms with Gasteiger partial charge in [-0.3, -0.25) is 19.8 Å². The summed E-state index contributed by atoms with van der Waals surface area (Å²) >= 11 is 0. The molecule has 1 amide bonds. The molecule has 1 radical (unpaired) electrons. The van der Waals surface area contributed by atoms with Gasteiger partial charge in [0.05, 0.1) is 13.0 Å². The average molecular weight is 524 g/mol. The second-order valence-electron chi connectivity index (χ2n) is 7.69. The van der Waals surface area contributed by atoms with E-state index < -0.39 is 19.1 Å². The first-order valence-electron chi connectivity index (χ1n) is 9.32. The van der Waals surface area contributed by atoms with Crippen LogP contribution in [0.4, 0.5) is 0 Å². The van der Waals surface area contributed by atoms with Crippen LogP contribution in [0.5, 0.6) is 5.75 Å². The second-order valence-corrected chi connectivity index (χ2v) is 8.85. The number of aliphatic hydroxyl groups excluding tert-OH is 1. The number of phosphoric acid groups is 1. The van der Waals surface area contributed by atoms with Crippen molar-refractivity contribution in [2.75, 3.05) is 13.2 Å². The molecule has 30 heavy (non-hydrogen) atoms. The smallest absolute Gasteiger partial charge is 0.404 e. The summed E-state index contributed by atoms with van der Waals surface area (Å²) < 4.78 is 16.0. The standard InChI is InChI=1S/C14H22NO6P.C5H12O2.Y/c1-9-6-10(8-12(15)17)13(14(2,3)4-5-16)11(7-9)21-22(18,19)20;1-3-5(2)4-7-6;/h6-7,16H,4-5,8H2,1-3H3,(H2,15,17)(H2,18,19,20);5-6H,3-4H2,1-2H3;. The zero-order valence-electron chi connectivity index (χ0n) is 18.3. The molecule has 0 bridgehead atoms. The molecule has 1 rings (SSSR count). The van der Waals surface area contributed by atoms with Crippen LogP contribution in [0.1, 0.15) is 57.2 Å². The number of hydrogen-bond donors (Lipinski definition) is 5. The Kier molecular flexibility index (Phi) is 15.5. The number of amides is 1. The topological polar surface area (TPSA) is 160 Å². The van der Waals surface area contributed by atoms with Crippen LogP contribution < -0.4 is 10.3 Å². The minimum atomic E-state index is -4.76. The van der Waals surface area contributed by atoms with E-state index >= 15 is 0 Å². The zero-order chi connectivity index (χ0) is 22.8. The van der Waals surface area contributed by atoms with Gasteiger partial charge in [0.2, 0.25) is 5.91 Å². The Morgan fingerprint density at radius 1 is 1.30 bits per heavy atom. The van der Waals surface area contributed by atoms with Crippen LogP contribution in [0, 0.1) is 12.8 Å². The summed E-state index contributed by atoms with van der Waals surface area (Å²) in [5, 5.41) is 17.1. The first-order chi connectivity index (χ1) is 13.3. The first-order valence-corrected chi connectivity index (χ1v) is 10.8. The van der Waals surface area contributed by atoms with Gasteiger partial charge in [0.1, 0.15) is 5.75 Å². The van der Waals surface area contributed by atoms with Crippen molar-refractivity contribution in [2.45, 2.75) is 59.3 Å².